The summed E-state index contributed by atoms with van der Waals surface area (Å²) < 4.78 is 5.22. The number of anilines is 1. The number of rotatable bonds is 7. The van der Waals surface area contributed by atoms with Gasteiger partial charge in [-0.25, -0.2) is 0 Å². The molecule has 1 aliphatic rings. The zero-order valence-corrected chi connectivity index (χ0v) is 13.2. The van der Waals surface area contributed by atoms with E-state index in [2.05, 4.69) is 11.8 Å². The fourth-order valence-electron chi connectivity index (χ4n) is 2.58. The van der Waals surface area contributed by atoms with Crippen LogP contribution in [0.4, 0.5) is 5.69 Å². The van der Waals surface area contributed by atoms with Crippen molar-refractivity contribution in [1.82, 2.24) is 0 Å². The fourth-order valence-corrected chi connectivity index (χ4v) is 2.88. The van der Waals surface area contributed by atoms with Crippen LogP contribution >= 0.6 is 11.6 Å². The van der Waals surface area contributed by atoms with Crippen LogP contribution in [0.3, 0.4) is 0 Å². The molecular weight excluding hydrogens is 274 g/mol. The second-order valence-corrected chi connectivity index (χ2v) is 6.06. The Bertz CT molecular complexity index is 446. The first-order chi connectivity index (χ1) is 9.54. The minimum Gasteiger partial charge on any atom is -0.389 e. The smallest absolute Gasteiger partial charge is 0.0762 e. The van der Waals surface area contributed by atoms with Crippen molar-refractivity contribution in [2.45, 2.75) is 38.8 Å². The second-order valence-electron chi connectivity index (χ2n) is 5.65. The maximum atomic E-state index is 9.63. The van der Waals surface area contributed by atoms with E-state index in [0.29, 0.717) is 17.7 Å². The van der Waals surface area contributed by atoms with Gasteiger partial charge in [0.05, 0.1) is 23.4 Å². The summed E-state index contributed by atoms with van der Waals surface area (Å²) in [4.78, 5) is 2.33. The van der Waals surface area contributed by atoms with Gasteiger partial charge in [-0.05, 0) is 50.3 Å². The fraction of sp³-hybridized carbons (Fsp3) is 0.625. The molecule has 0 spiro atoms. The number of benzene rings is 1. The average molecular weight is 298 g/mol. The highest BCUT2D eigenvalue weighted by atomic mass is 35.5. The number of aliphatic hydroxyl groups is 1. The SMILES string of the molecule is COCCN(c1ccc([C@H](C)O)cc1Cl)C(C)C1CC1. The van der Waals surface area contributed by atoms with Crippen molar-refractivity contribution in [2.24, 2.45) is 5.92 Å². The zero-order valence-electron chi connectivity index (χ0n) is 12.5. The van der Waals surface area contributed by atoms with Crippen molar-refractivity contribution in [1.29, 1.82) is 0 Å². The van der Waals surface area contributed by atoms with Crippen molar-refractivity contribution >= 4 is 17.3 Å². The molecule has 1 saturated carbocycles. The molecule has 1 aromatic carbocycles. The van der Waals surface area contributed by atoms with E-state index in [1.165, 1.54) is 12.8 Å². The lowest BCUT2D eigenvalue weighted by Gasteiger charge is -2.32. The van der Waals surface area contributed by atoms with Crippen LogP contribution in [-0.2, 0) is 4.74 Å². The van der Waals surface area contributed by atoms with E-state index in [1.807, 2.05) is 18.2 Å². The predicted octanol–water partition coefficient (Wildman–Crippen LogP) is 3.64. The Kier molecular flexibility index (Phi) is 5.30. The Morgan fingerprint density at radius 3 is 2.60 bits per heavy atom. The normalized spacial score (nSPS) is 17.9. The molecular formula is C16H24ClNO2. The van der Waals surface area contributed by atoms with Crippen molar-refractivity contribution in [3.63, 3.8) is 0 Å². The number of hydrogen-bond donors (Lipinski definition) is 1. The minimum atomic E-state index is -0.491. The largest absolute Gasteiger partial charge is 0.389 e. The third-order valence-corrected chi connectivity index (χ3v) is 4.40. The van der Waals surface area contributed by atoms with Gasteiger partial charge in [-0.1, -0.05) is 17.7 Å². The minimum absolute atomic E-state index is 0.472. The van der Waals surface area contributed by atoms with Gasteiger partial charge < -0.3 is 14.7 Å². The Balaban J connectivity index is 2.22. The third-order valence-electron chi connectivity index (χ3n) is 4.10. The van der Waals surface area contributed by atoms with E-state index in [-0.39, 0.29) is 0 Å². The van der Waals surface area contributed by atoms with Crippen molar-refractivity contribution in [3.05, 3.63) is 28.8 Å². The first-order valence-corrected chi connectivity index (χ1v) is 7.65. The van der Waals surface area contributed by atoms with Crippen molar-refractivity contribution < 1.29 is 9.84 Å². The van der Waals surface area contributed by atoms with Crippen LogP contribution < -0.4 is 4.90 Å². The van der Waals surface area contributed by atoms with Crippen LogP contribution in [-0.4, -0.2) is 31.4 Å². The van der Waals surface area contributed by atoms with E-state index in [9.17, 15) is 5.11 Å². The molecule has 0 radical (unpaired) electrons. The van der Waals surface area contributed by atoms with Gasteiger partial charge in [-0.2, -0.15) is 0 Å². The lowest BCUT2D eigenvalue weighted by Crippen LogP contribution is -2.37. The Morgan fingerprint density at radius 1 is 1.40 bits per heavy atom. The van der Waals surface area contributed by atoms with Gasteiger partial charge in [-0.15, -0.1) is 0 Å². The van der Waals surface area contributed by atoms with Gasteiger partial charge in [0.15, 0.2) is 0 Å². The molecule has 0 aliphatic heterocycles. The Morgan fingerprint density at radius 2 is 2.10 bits per heavy atom. The van der Waals surface area contributed by atoms with Crippen LogP contribution in [0.5, 0.6) is 0 Å². The first kappa shape index (κ1) is 15.6. The Labute approximate surface area is 126 Å². The third kappa shape index (κ3) is 3.66. The quantitative estimate of drug-likeness (QED) is 0.834. The summed E-state index contributed by atoms with van der Waals surface area (Å²) in [6, 6.07) is 6.30. The lowest BCUT2D eigenvalue weighted by molar-refractivity contribution is 0.199. The van der Waals surface area contributed by atoms with Gasteiger partial charge in [0.25, 0.3) is 0 Å². The van der Waals surface area contributed by atoms with Crippen LogP contribution in [0.15, 0.2) is 18.2 Å². The van der Waals surface area contributed by atoms with E-state index in [0.717, 1.165) is 23.7 Å². The number of halogens is 1. The first-order valence-electron chi connectivity index (χ1n) is 7.27. The zero-order chi connectivity index (χ0) is 14.7. The number of ether oxygens (including phenoxy) is 1. The molecule has 112 valence electrons. The molecule has 1 aromatic rings. The molecule has 0 saturated heterocycles. The van der Waals surface area contributed by atoms with Gasteiger partial charge in [0, 0.05) is 19.7 Å². The highest BCUT2D eigenvalue weighted by Gasteiger charge is 2.32. The molecule has 1 aliphatic carbocycles. The molecule has 2 atom stereocenters. The van der Waals surface area contributed by atoms with Crippen LogP contribution in [0.2, 0.25) is 5.02 Å². The molecule has 1 N–H and O–H groups in total. The van der Waals surface area contributed by atoms with Crippen LogP contribution in [0, 0.1) is 5.92 Å². The molecule has 3 nitrogen and oxygen atoms in total. The molecule has 1 unspecified atom stereocenters. The maximum Gasteiger partial charge on any atom is 0.0762 e. The number of methoxy groups -OCH3 is 1. The summed E-state index contributed by atoms with van der Waals surface area (Å²) in [5.74, 6) is 0.763. The molecule has 4 heteroatoms. The maximum absolute atomic E-state index is 9.63. The summed E-state index contributed by atoms with van der Waals surface area (Å²) in [5.41, 5.74) is 1.89. The average Bonchev–Trinajstić information content (AvgIpc) is 3.24. The highest BCUT2D eigenvalue weighted by Crippen LogP contribution is 2.39. The summed E-state index contributed by atoms with van der Waals surface area (Å²) in [7, 11) is 1.72. The van der Waals surface area contributed by atoms with Crippen LogP contribution in [0.25, 0.3) is 0 Å². The van der Waals surface area contributed by atoms with E-state index >= 15 is 0 Å². The van der Waals surface area contributed by atoms with E-state index < -0.39 is 6.10 Å². The van der Waals surface area contributed by atoms with Crippen molar-refractivity contribution in [3.8, 4) is 0 Å². The van der Waals surface area contributed by atoms with E-state index in [4.69, 9.17) is 16.3 Å². The number of nitrogens with zero attached hydrogens (tertiary/aromatic N) is 1. The summed E-state index contributed by atoms with van der Waals surface area (Å²) >= 11 is 6.42. The van der Waals surface area contributed by atoms with E-state index in [1.54, 1.807) is 14.0 Å². The lowest BCUT2D eigenvalue weighted by atomic mass is 10.1. The number of aliphatic hydroxyl groups excluding tert-OH is 1. The molecule has 0 bridgehead atoms. The van der Waals surface area contributed by atoms with Crippen LogP contribution in [0.1, 0.15) is 38.4 Å². The second kappa shape index (κ2) is 6.79. The monoisotopic (exact) mass is 297 g/mol. The molecule has 0 aromatic heterocycles. The highest BCUT2D eigenvalue weighted by molar-refractivity contribution is 6.33. The van der Waals surface area contributed by atoms with Gasteiger partial charge in [0.1, 0.15) is 0 Å². The van der Waals surface area contributed by atoms with Gasteiger partial charge >= 0.3 is 0 Å². The summed E-state index contributed by atoms with van der Waals surface area (Å²) in [6.45, 7) is 5.53. The topological polar surface area (TPSA) is 32.7 Å². The number of hydrogen-bond acceptors (Lipinski definition) is 3. The van der Waals surface area contributed by atoms with Crippen molar-refractivity contribution in [2.75, 3.05) is 25.2 Å². The molecule has 0 heterocycles. The van der Waals surface area contributed by atoms with Gasteiger partial charge in [-0.3, -0.25) is 0 Å². The predicted molar refractivity (Wildman–Crippen MR) is 83.5 cm³/mol. The molecule has 20 heavy (non-hydrogen) atoms. The molecule has 0 amide bonds. The summed E-state index contributed by atoms with van der Waals surface area (Å²) in [5, 5.41) is 10.3. The molecule has 2 rings (SSSR count). The molecule has 1 fully saturated rings. The standard InChI is InChI=1S/C16H24ClNO2/c1-11(13-4-5-13)18(8-9-20-3)16-7-6-14(12(2)19)10-15(16)17/h6-7,10-13,19H,4-5,8-9H2,1-3H3/t11?,12-/m0/s1. The Hall–Kier alpha value is -0.770. The van der Waals surface area contributed by atoms with Gasteiger partial charge in [0.2, 0.25) is 0 Å². The summed E-state index contributed by atoms with van der Waals surface area (Å²) in [6.07, 6.45) is 2.11.